The van der Waals surface area contributed by atoms with Crippen molar-refractivity contribution in [3.63, 3.8) is 0 Å². The van der Waals surface area contributed by atoms with E-state index < -0.39 is 5.97 Å². The number of aliphatic carboxylic acids is 1. The fourth-order valence-corrected chi connectivity index (χ4v) is 2.41. The van der Waals surface area contributed by atoms with Crippen molar-refractivity contribution in [1.82, 2.24) is 4.98 Å². The first-order chi connectivity index (χ1) is 7.15. The van der Waals surface area contributed by atoms with Gasteiger partial charge in [0.1, 0.15) is 0 Å². The third kappa shape index (κ3) is 3.63. The normalized spacial score (nSPS) is 12.7. The van der Waals surface area contributed by atoms with Gasteiger partial charge >= 0.3 is 5.97 Å². The highest BCUT2D eigenvalue weighted by Crippen LogP contribution is 2.19. The molecule has 0 aliphatic carbocycles. The molecular formula is C11H17NO2S. The molecule has 0 saturated heterocycles. The number of aryl methyl sites for hydroxylation is 2. The second-order valence-corrected chi connectivity index (χ2v) is 4.66. The first-order valence-corrected chi connectivity index (χ1v) is 6.14. The van der Waals surface area contributed by atoms with Gasteiger partial charge in [0.05, 0.1) is 17.1 Å². The van der Waals surface area contributed by atoms with E-state index in [1.807, 2.05) is 19.4 Å². The number of carboxylic acid groups (broad SMARTS) is 1. The second kappa shape index (κ2) is 5.85. The molecule has 0 aliphatic rings. The summed E-state index contributed by atoms with van der Waals surface area (Å²) in [7, 11) is 0. The molecule has 0 radical (unpaired) electrons. The third-order valence-electron chi connectivity index (χ3n) is 2.55. The van der Waals surface area contributed by atoms with E-state index in [0.717, 1.165) is 31.4 Å². The number of carbonyl (C=O) groups is 1. The number of aromatic nitrogens is 1. The van der Waals surface area contributed by atoms with E-state index >= 15 is 0 Å². The Hall–Kier alpha value is -0.900. The molecule has 15 heavy (non-hydrogen) atoms. The van der Waals surface area contributed by atoms with Gasteiger partial charge in [-0.2, -0.15) is 0 Å². The maximum atomic E-state index is 10.9. The van der Waals surface area contributed by atoms with E-state index in [2.05, 4.69) is 4.98 Å². The average Bonchev–Trinajstić information content (AvgIpc) is 2.58. The van der Waals surface area contributed by atoms with Gasteiger partial charge in [-0.1, -0.05) is 13.3 Å². The van der Waals surface area contributed by atoms with Crippen molar-refractivity contribution in [3.05, 3.63) is 16.1 Å². The van der Waals surface area contributed by atoms with Gasteiger partial charge in [-0.25, -0.2) is 4.98 Å². The summed E-state index contributed by atoms with van der Waals surface area (Å²) in [5.74, 6) is -0.865. The number of thiazole rings is 1. The lowest BCUT2D eigenvalue weighted by Gasteiger charge is -2.09. The topological polar surface area (TPSA) is 50.2 Å². The van der Waals surface area contributed by atoms with Crippen LogP contribution >= 0.6 is 11.3 Å². The van der Waals surface area contributed by atoms with E-state index in [4.69, 9.17) is 5.11 Å². The summed E-state index contributed by atoms with van der Waals surface area (Å²) in [6.45, 7) is 4.00. The van der Waals surface area contributed by atoms with Gasteiger partial charge in [0, 0.05) is 4.88 Å². The number of hydrogen-bond acceptors (Lipinski definition) is 3. The molecule has 3 nitrogen and oxygen atoms in total. The van der Waals surface area contributed by atoms with Crippen LogP contribution < -0.4 is 0 Å². The Morgan fingerprint density at radius 1 is 1.60 bits per heavy atom. The Morgan fingerprint density at radius 2 is 2.33 bits per heavy atom. The highest BCUT2D eigenvalue weighted by Gasteiger charge is 2.16. The molecule has 1 atom stereocenters. The fraction of sp³-hybridized carbons (Fsp3) is 0.636. The number of hydrogen-bond donors (Lipinski definition) is 1. The van der Waals surface area contributed by atoms with Crippen molar-refractivity contribution < 1.29 is 9.90 Å². The Kier molecular flexibility index (Phi) is 4.75. The molecule has 1 aromatic rings. The van der Waals surface area contributed by atoms with Crippen LogP contribution in [0.1, 0.15) is 36.8 Å². The van der Waals surface area contributed by atoms with Gasteiger partial charge in [0.15, 0.2) is 0 Å². The minimum absolute atomic E-state index is 0.198. The molecule has 0 bridgehead atoms. The molecule has 0 aromatic carbocycles. The van der Waals surface area contributed by atoms with Crippen LogP contribution in [0.15, 0.2) is 5.51 Å². The van der Waals surface area contributed by atoms with Crippen molar-refractivity contribution in [3.8, 4) is 0 Å². The van der Waals surface area contributed by atoms with Crippen LogP contribution in [-0.4, -0.2) is 16.1 Å². The van der Waals surface area contributed by atoms with Crippen molar-refractivity contribution in [2.24, 2.45) is 5.92 Å². The van der Waals surface area contributed by atoms with Crippen LogP contribution in [0.4, 0.5) is 0 Å². The van der Waals surface area contributed by atoms with Gasteiger partial charge in [-0.15, -0.1) is 11.3 Å². The Bertz CT molecular complexity index is 322. The van der Waals surface area contributed by atoms with Crippen molar-refractivity contribution in [2.75, 3.05) is 0 Å². The molecule has 0 saturated carbocycles. The summed E-state index contributed by atoms with van der Waals surface area (Å²) in [6.07, 6.45) is 3.27. The zero-order chi connectivity index (χ0) is 11.3. The minimum Gasteiger partial charge on any atom is -0.481 e. The molecular weight excluding hydrogens is 210 g/mol. The zero-order valence-corrected chi connectivity index (χ0v) is 10.0. The molecule has 1 N–H and O–H groups in total. The van der Waals surface area contributed by atoms with E-state index in [1.165, 1.54) is 4.88 Å². The number of nitrogens with zero attached hydrogens (tertiary/aromatic N) is 1. The largest absolute Gasteiger partial charge is 0.481 e. The lowest BCUT2D eigenvalue weighted by atomic mass is 9.97. The maximum Gasteiger partial charge on any atom is 0.306 e. The van der Waals surface area contributed by atoms with Crippen LogP contribution in [0.2, 0.25) is 0 Å². The molecule has 0 spiro atoms. The smallest absolute Gasteiger partial charge is 0.306 e. The Balaban J connectivity index is 2.47. The monoisotopic (exact) mass is 227 g/mol. The molecule has 0 amide bonds. The van der Waals surface area contributed by atoms with Gasteiger partial charge in [0.2, 0.25) is 0 Å². The number of carboxylic acids is 1. The standard InChI is InChI=1S/C11H17NO2S/c1-3-4-9(11(13)14)5-6-10-8(2)12-7-15-10/h7,9H,3-6H2,1-2H3,(H,13,14). The maximum absolute atomic E-state index is 10.9. The van der Waals surface area contributed by atoms with Crippen LogP contribution in [0.3, 0.4) is 0 Å². The molecule has 1 unspecified atom stereocenters. The first-order valence-electron chi connectivity index (χ1n) is 5.27. The molecule has 1 heterocycles. The molecule has 84 valence electrons. The molecule has 0 aliphatic heterocycles. The summed E-state index contributed by atoms with van der Waals surface area (Å²) < 4.78 is 0. The molecule has 1 aromatic heterocycles. The molecule has 1 rings (SSSR count). The van der Waals surface area contributed by atoms with E-state index in [-0.39, 0.29) is 5.92 Å². The van der Waals surface area contributed by atoms with Gasteiger partial charge in [0.25, 0.3) is 0 Å². The predicted octanol–water partition coefficient (Wildman–Crippen LogP) is 2.89. The van der Waals surface area contributed by atoms with Gasteiger partial charge < -0.3 is 5.11 Å². The van der Waals surface area contributed by atoms with Gasteiger partial charge in [-0.3, -0.25) is 4.79 Å². The van der Waals surface area contributed by atoms with Crippen molar-refractivity contribution in [1.29, 1.82) is 0 Å². The number of rotatable bonds is 6. The van der Waals surface area contributed by atoms with Crippen LogP contribution in [-0.2, 0) is 11.2 Å². The molecule has 0 fully saturated rings. The van der Waals surface area contributed by atoms with Gasteiger partial charge in [-0.05, 0) is 26.2 Å². The summed E-state index contributed by atoms with van der Waals surface area (Å²) in [5.41, 5.74) is 2.86. The molecule has 4 heteroatoms. The van der Waals surface area contributed by atoms with E-state index in [0.29, 0.717) is 0 Å². The first kappa shape index (κ1) is 12.2. The minimum atomic E-state index is -0.668. The zero-order valence-electron chi connectivity index (χ0n) is 9.19. The summed E-state index contributed by atoms with van der Waals surface area (Å²) in [6, 6.07) is 0. The average molecular weight is 227 g/mol. The Morgan fingerprint density at radius 3 is 2.80 bits per heavy atom. The highest BCUT2D eigenvalue weighted by atomic mass is 32.1. The SMILES string of the molecule is CCCC(CCc1scnc1C)C(=O)O. The van der Waals surface area contributed by atoms with E-state index in [9.17, 15) is 4.79 Å². The van der Waals surface area contributed by atoms with Crippen LogP contribution in [0.25, 0.3) is 0 Å². The second-order valence-electron chi connectivity index (χ2n) is 3.72. The summed E-state index contributed by atoms with van der Waals surface area (Å²) >= 11 is 1.62. The lowest BCUT2D eigenvalue weighted by Crippen LogP contribution is -2.14. The predicted molar refractivity (Wildman–Crippen MR) is 61.2 cm³/mol. The Labute approximate surface area is 94.2 Å². The highest BCUT2D eigenvalue weighted by molar-refractivity contribution is 7.09. The van der Waals surface area contributed by atoms with Crippen molar-refractivity contribution in [2.45, 2.75) is 39.5 Å². The summed E-state index contributed by atoms with van der Waals surface area (Å²) in [4.78, 5) is 16.3. The van der Waals surface area contributed by atoms with E-state index in [1.54, 1.807) is 11.3 Å². The van der Waals surface area contributed by atoms with Crippen molar-refractivity contribution >= 4 is 17.3 Å². The van der Waals surface area contributed by atoms with Crippen LogP contribution in [0.5, 0.6) is 0 Å². The quantitative estimate of drug-likeness (QED) is 0.813. The van der Waals surface area contributed by atoms with Crippen LogP contribution in [0, 0.1) is 12.8 Å². The third-order valence-corrected chi connectivity index (χ3v) is 3.55. The summed E-state index contributed by atoms with van der Waals surface area (Å²) in [5, 5.41) is 8.99. The lowest BCUT2D eigenvalue weighted by molar-refractivity contribution is -0.142. The fourth-order valence-electron chi connectivity index (χ4n) is 1.61.